The molecule has 35 heavy (non-hydrogen) atoms. The first-order valence-corrected chi connectivity index (χ1v) is 11.5. The van der Waals surface area contributed by atoms with E-state index in [9.17, 15) is 18.8 Å². The minimum Gasteiger partial charge on any atom is -0.335 e. The number of nitriles is 1. The van der Waals surface area contributed by atoms with Gasteiger partial charge in [-0.25, -0.2) is 13.5 Å². The molecule has 1 amide bonds. The fraction of sp³-hybridized carbons (Fsp3) is 0.167. The van der Waals surface area contributed by atoms with Crippen LogP contribution in [-0.4, -0.2) is 31.1 Å². The van der Waals surface area contributed by atoms with Crippen LogP contribution in [0.1, 0.15) is 22.4 Å². The lowest BCUT2D eigenvalue weighted by molar-refractivity contribution is -0.113. The van der Waals surface area contributed by atoms with E-state index in [-0.39, 0.29) is 23.3 Å². The first-order chi connectivity index (χ1) is 16.8. The van der Waals surface area contributed by atoms with Gasteiger partial charge in [0.15, 0.2) is 5.82 Å². The number of nitrogens with two attached hydrogens (primary N) is 1. The average Bonchev–Trinajstić information content (AvgIpc) is 3.31. The molecular formula is C24H21F2N7OS. The topological polar surface area (TPSA) is 115 Å². The van der Waals surface area contributed by atoms with Gasteiger partial charge in [0.1, 0.15) is 23.5 Å². The Kier molecular flexibility index (Phi) is 6.84. The summed E-state index contributed by atoms with van der Waals surface area (Å²) in [5.41, 5.74) is 3.34. The number of nitrogen functional groups attached to an aromatic ring is 1. The van der Waals surface area contributed by atoms with E-state index in [1.165, 1.54) is 41.1 Å². The van der Waals surface area contributed by atoms with Gasteiger partial charge in [-0.2, -0.15) is 5.26 Å². The van der Waals surface area contributed by atoms with Crippen molar-refractivity contribution in [1.82, 2.24) is 19.4 Å². The van der Waals surface area contributed by atoms with Crippen LogP contribution in [0.15, 0.2) is 53.7 Å². The molecule has 2 aromatic carbocycles. The third-order valence-corrected chi connectivity index (χ3v) is 6.50. The second-order valence-electron chi connectivity index (χ2n) is 7.78. The molecule has 0 saturated carbocycles. The number of hydrogen-bond acceptors (Lipinski definition) is 6. The SMILES string of the molecule is Cc1c(C#N)c(NC(=O)CSc2nnc(-c3ccc(F)cc3)n2N)n(Cc2ccc(F)cc2)c1C. The summed E-state index contributed by atoms with van der Waals surface area (Å²) in [6, 6.07) is 13.9. The maximum absolute atomic E-state index is 13.3. The quantitative estimate of drug-likeness (QED) is 0.297. The molecule has 178 valence electrons. The molecule has 0 spiro atoms. The highest BCUT2D eigenvalue weighted by molar-refractivity contribution is 7.99. The van der Waals surface area contributed by atoms with Crippen molar-refractivity contribution in [3.05, 3.63) is 82.5 Å². The molecule has 0 saturated heterocycles. The molecule has 0 aliphatic carbocycles. The molecule has 3 N–H and O–H groups in total. The van der Waals surface area contributed by atoms with Crippen molar-refractivity contribution < 1.29 is 13.6 Å². The molecule has 0 aliphatic heterocycles. The van der Waals surface area contributed by atoms with Crippen LogP contribution in [0.5, 0.6) is 0 Å². The summed E-state index contributed by atoms with van der Waals surface area (Å²) >= 11 is 1.07. The molecule has 0 unspecified atom stereocenters. The largest absolute Gasteiger partial charge is 0.335 e. The Balaban J connectivity index is 1.50. The highest BCUT2D eigenvalue weighted by Crippen LogP contribution is 2.28. The number of anilines is 1. The maximum Gasteiger partial charge on any atom is 0.235 e. The molecule has 4 aromatic rings. The average molecular weight is 494 g/mol. The first-order valence-electron chi connectivity index (χ1n) is 10.5. The Labute approximate surface area is 204 Å². The smallest absolute Gasteiger partial charge is 0.235 e. The van der Waals surface area contributed by atoms with Gasteiger partial charge in [-0.05, 0) is 61.4 Å². The summed E-state index contributed by atoms with van der Waals surface area (Å²) in [7, 11) is 0. The Hall–Kier alpha value is -4.17. The fourth-order valence-electron chi connectivity index (χ4n) is 3.57. The minimum atomic E-state index is -0.380. The van der Waals surface area contributed by atoms with Crippen LogP contribution >= 0.6 is 11.8 Å². The van der Waals surface area contributed by atoms with Crippen LogP contribution < -0.4 is 11.2 Å². The number of carbonyl (C=O) groups is 1. The molecule has 0 radical (unpaired) electrons. The van der Waals surface area contributed by atoms with Crippen molar-refractivity contribution in [2.45, 2.75) is 25.5 Å². The van der Waals surface area contributed by atoms with Gasteiger partial charge in [0.05, 0.1) is 11.3 Å². The number of aromatic nitrogens is 4. The number of nitrogens with one attached hydrogen (secondary N) is 1. The highest BCUT2D eigenvalue weighted by Gasteiger charge is 2.21. The van der Waals surface area contributed by atoms with Crippen molar-refractivity contribution in [3.8, 4) is 17.5 Å². The molecule has 0 atom stereocenters. The zero-order chi connectivity index (χ0) is 25.1. The zero-order valence-electron chi connectivity index (χ0n) is 18.9. The Morgan fingerprint density at radius 2 is 1.71 bits per heavy atom. The molecule has 0 fully saturated rings. The number of thioether (sulfide) groups is 1. The third kappa shape index (κ3) is 5.02. The van der Waals surface area contributed by atoms with Crippen LogP contribution in [0, 0.1) is 36.8 Å². The predicted molar refractivity (Wildman–Crippen MR) is 129 cm³/mol. The molecular weight excluding hydrogens is 472 g/mol. The van der Waals surface area contributed by atoms with E-state index < -0.39 is 0 Å². The van der Waals surface area contributed by atoms with Crippen LogP contribution in [0.2, 0.25) is 0 Å². The van der Waals surface area contributed by atoms with Crippen LogP contribution in [0.3, 0.4) is 0 Å². The van der Waals surface area contributed by atoms with Gasteiger partial charge in [-0.1, -0.05) is 23.9 Å². The van der Waals surface area contributed by atoms with Gasteiger partial charge in [-0.3, -0.25) is 4.79 Å². The minimum absolute atomic E-state index is 0.0383. The predicted octanol–water partition coefficient (Wildman–Crippen LogP) is 4.01. The van der Waals surface area contributed by atoms with Crippen LogP contribution in [0.4, 0.5) is 14.6 Å². The number of rotatable bonds is 7. The van der Waals surface area contributed by atoms with Gasteiger partial charge in [-0.15, -0.1) is 10.2 Å². The fourth-order valence-corrected chi connectivity index (χ4v) is 4.23. The zero-order valence-corrected chi connectivity index (χ0v) is 19.7. The van der Waals surface area contributed by atoms with E-state index in [4.69, 9.17) is 5.84 Å². The summed E-state index contributed by atoms with van der Waals surface area (Å²) in [6.45, 7) is 4.03. The molecule has 0 aliphatic rings. The van der Waals surface area contributed by atoms with Gasteiger partial charge >= 0.3 is 0 Å². The van der Waals surface area contributed by atoms with E-state index in [0.29, 0.717) is 34.5 Å². The Morgan fingerprint density at radius 3 is 2.34 bits per heavy atom. The highest BCUT2D eigenvalue weighted by atomic mass is 32.2. The molecule has 2 aromatic heterocycles. The Morgan fingerprint density at radius 1 is 1.09 bits per heavy atom. The monoisotopic (exact) mass is 493 g/mol. The lowest BCUT2D eigenvalue weighted by Crippen LogP contribution is -2.19. The van der Waals surface area contributed by atoms with Crippen molar-refractivity contribution >= 4 is 23.5 Å². The normalized spacial score (nSPS) is 10.8. The van der Waals surface area contributed by atoms with Crippen molar-refractivity contribution in [1.29, 1.82) is 5.26 Å². The van der Waals surface area contributed by atoms with E-state index in [1.807, 2.05) is 18.4 Å². The lowest BCUT2D eigenvalue weighted by atomic mass is 10.2. The van der Waals surface area contributed by atoms with Crippen LogP contribution in [0.25, 0.3) is 11.4 Å². The summed E-state index contributed by atoms with van der Waals surface area (Å²) in [5, 5.41) is 20.9. The second kappa shape index (κ2) is 9.99. The molecule has 8 nitrogen and oxygen atoms in total. The second-order valence-corrected chi connectivity index (χ2v) is 8.72. The van der Waals surface area contributed by atoms with Crippen molar-refractivity contribution in [2.24, 2.45) is 0 Å². The maximum atomic E-state index is 13.3. The number of carbonyl (C=O) groups excluding carboxylic acids is 1. The van der Waals surface area contributed by atoms with Crippen molar-refractivity contribution in [2.75, 3.05) is 16.9 Å². The third-order valence-electron chi connectivity index (χ3n) is 5.55. The summed E-state index contributed by atoms with van der Waals surface area (Å²) < 4.78 is 29.5. The van der Waals surface area contributed by atoms with Crippen molar-refractivity contribution in [3.63, 3.8) is 0 Å². The summed E-state index contributed by atoms with van der Waals surface area (Å²) in [4.78, 5) is 12.8. The number of benzene rings is 2. The van der Waals surface area contributed by atoms with E-state index >= 15 is 0 Å². The molecule has 11 heteroatoms. The van der Waals surface area contributed by atoms with Gasteiger partial charge in [0.25, 0.3) is 0 Å². The molecule has 4 rings (SSSR count). The number of nitrogens with zero attached hydrogens (tertiary/aromatic N) is 5. The number of hydrogen-bond donors (Lipinski definition) is 2. The van der Waals surface area contributed by atoms with E-state index in [0.717, 1.165) is 28.6 Å². The van der Waals surface area contributed by atoms with Gasteiger partial charge < -0.3 is 15.7 Å². The summed E-state index contributed by atoms with van der Waals surface area (Å²) in [5.74, 6) is 5.66. The first kappa shape index (κ1) is 24.0. The lowest BCUT2D eigenvalue weighted by Gasteiger charge is -2.13. The molecule has 2 heterocycles. The van der Waals surface area contributed by atoms with E-state index in [1.54, 1.807) is 12.1 Å². The van der Waals surface area contributed by atoms with Gasteiger partial charge in [0, 0.05) is 17.8 Å². The Bertz CT molecular complexity index is 1420. The van der Waals surface area contributed by atoms with E-state index in [2.05, 4.69) is 21.6 Å². The number of amides is 1. The van der Waals surface area contributed by atoms with Gasteiger partial charge in [0.2, 0.25) is 11.1 Å². The summed E-state index contributed by atoms with van der Waals surface area (Å²) in [6.07, 6.45) is 0. The standard InChI is InChI=1S/C24H21F2N7OS/c1-14-15(2)32(12-16-3-7-18(25)8-4-16)23(20(14)11-27)29-21(34)13-35-24-31-30-22(33(24)28)17-5-9-19(26)10-6-17/h3-10H,12-13,28H2,1-2H3,(H,29,34). The number of halogens is 2. The molecule has 0 bridgehead atoms. The van der Waals surface area contributed by atoms with Crippen LogP contribution in [-0.2, 0) is 11.3 Å².